The molecule has 2 aromatic rings. The van der Waals surface area contributed by atoms with E-state index in [9.17, 15) is 0 Å². The normalized spacial score (nSPS) is 10.4. The summed E-state index contributed by atoms with van der Waals surface area (Å²) in [5.74, 6) is 1.29. The van der Waals surface area contributed by atoms with Crippen molar-refractivity contribution in [3.63, 3.8) is 0 Å². The Morgan fingerprint density at radius 3 is 3.00 bits per heavy atom. The smallest absolute Gasteiger partial charge is 0.226 e. The zero-order chi connectivity index (χ0) is 13.5. The van der Waals surface area contributed by atoms with Crippen molar-refractivity contribution in [3.05, 3.63) is 34.2 Å². The van der Waals surface area contributed by atoms with Crippen LogP contribution in [0.15, 0.2) is 23.6 Å². The van der Waals surface area contributed by atoms with Crippen LogP contribution in [0.2, 0.25) is 0 Å². The molecule has 0 unspecified atom stereocenters. The van der Waals surface area contributed by atoms with Gasteiger partial charge >= 0.3 is 0 Å². The molecule has 0 spiro atoms. The monoisotopic (exact) mass is 277 g/mol. The quantitative estimate of drug-likeness (QED) is 0.843. The van der Waals surface area contributed by atoms with Crippen LogP contribution in [0.25, 0.3) is 0 Å². The highest BCUT2D eigenvalue weighted by Gasteiger charge is 2.03. The lowest BCUT2D eigenvalue weighted by molar-refractivity contribution is 0.305. The molecule has 0 bridgehead atoms. The zero-order valence-corrected chi connectivity index (χ0v) is 12.2. The largest absolute Gasteiger partial charge is 0.478 e. The third kappa shape index (κ3) is 4.52. The summed E-state index contributed by atoms with van der Waals surface area (Å²) < 4.78 is 5.54. The van der Waals surface area contributed by atoms with E-state index in [0.717, 1.165) is 25.1 Å². The molecule has 0 aromatic carbocycles. The van der Waals surface area contributed by atoms with E-state index in [1.807, 2.05) is 13.0 Å². The second-order valence-electron chi connectivity index (χ2n) is 4.28. The summed E-state index contributed by atoms with van der Waals surface area (Å²) in [6.45, 7) is 5.54. The van der Waals surface area contributed by atoms with Crippen LogP contribution in [-0.2, 0) is 6.42 Å². The number of anilines is 1. The van der Waals surface area contributed by atoms with E-state index in [-0.39, 0.29) is 0 Å². The average Bonchev–Trinajstić information content (AvgIpc) is 2.89. The van der Waals surface area contributed by atoms with Crippen molar-refractivity contribution in [2.75, 3.05) is 18.5 Å². The number of rotatable bonds is 7. The van der Waals surface area contributed by atoms with Gasteiger partial charge in [0, 0.05) is 23.2 Å². The van der Waals surface area contributed by atoms with Crippen LogP contribution < -0.4 is 10.1 Å². The van der Waals surface area contributed by atoms with Crippen molar-refractivity contribution in [1.82, 2.24) is 9.97 Å². The molecule has 2 aromatic heterocycles. The van der Waals surface area contributed by atoms with Crippen LogP contribution in [0.1, 0.15) is 23.9 Å². The zero-order valence-electron chi connectivity index (χ0n) is 11.3. The van der Waals surface area contributed by atoms with E-state index in [4.69, 9.17) is 4.74 Å². The Morgan fingerprint density at radius 2 is 2.26 bits per heavy atom. The third-order valence-electron chi connectivity index (χ3n) is 2.52. The molecule has 0 saturated carbocycles. The van der Waals surface area contributed by atoms with Gasteiger partial charge in [-0.2, -0.15) is 4.98 Å². The number of thiophene rings is 1. The number of hydrogen-bond acceptors (Lipinski definition) is 5. The molecule has 102 valence electrons. The summed E-state index contributed by atoms with van der Waals surface area (Å²) in [4.78, 5) is 10.1. The predicted molar refractivity (Wildman–Crippen MR) is 79.1 cm³/mol. The highest BCUT2D eigenvalue weighted by atomic mass is 32.1. The van der Waals surface area contributed by atoms with Crippen molar-refractivity contribution in [1.29, 1.82) is 0 Å². The lowest BCUT2D eigenvalue weighted by Gasteiger charge is -2.08. The van der Waals surface area contributed by atoms with Crippen molar-refractivity contribution in [2.24, 2.45) is 0 Å². The minimum Gasteiger partial charge on any atom is -0.478 e. The molecule has 0 atom stereocenters. The van der Waals surface area contributed by atoms with Gasteiger partial charge in [-0.1, -0.05) is 13.0 Å². The van der Waals surface area contributed by atoms with Crippen LogP contribution >= 0.6 is 11.3 Å². The van der Waals surface area contributed by atoms with Crippen LogP contribution in [0.4, 0.5) is 5.95 Å². The number of aryl methyl sites for hydroxylation is 1. The number of nitrogens with zero attached hydrogens (tertiary/aromatic N) is 2. The first-order chi connectivity index (χ1) is 9.28. The Labute approximate surface area is 117 Å². The van der Waals surface area contributed by atoms with Gasteiger partial charge in [-0.15, -0.1) is 11.3 Å². The van der Waals surface area contributed by atoms with Gasteiger partial charge in [0.1, 0.15) is 0 Å². The molecule has 0 aliphatic carbocycles. The second kappa shape index (κ2) is 7.09. The number of hydrogen-bond donors (Lipinski definition) is 1. The predicted octanol–water partition coefficient (Wildman–Crippen LogP) is 3.29. The minimum absolute atomic E-state index is 0.641. The van der Waals surface area contributed by atoms with E-state index < -0.39 is 0 Å². The molecular weight excluding hydrogens is 258 g/mol. The van der Waals surface area contributed by atoms with Gasteiger partial charge in [0.2, 0.25) is 11.8 Å². The maximum absolute atomic E-state index is 5.54. The maximum Gasteiger partial charge on any atom is 0.226 e. The molecule has 2 rings (SSSR count). The summed E-state index contributed by atoms with van der Waals surface area (Å²) in [5, 5.41) is 5.34. The Kier molecular flexibility index (Phi) is 5.15. The standard InChI is InChI=1S/C14H19N3OS/c1-3-8-18-13-10-11(2)16-14(17-13)15-7-6-12-5-4-9-19-12/h4-5,9-10H,3,6-8H2,1-2H3,(H,15,16,17). The number of nitrogens with one attached hydrogen (secondary N) is 1. The van der Waals surface area contributed by atoms with Gasteiger partial charge < -0.3 is 10.1 Å². The molecular formula is C14H19N3OS. The van der Waals surface area contributed by atoms with E-state index in [2.05, 4.69) is 39.7 Å². The molecule has 0 radical (unpaired) electrons. The van der Waals surface area contributed by atoms with Gasteiger partial charge in [0.25, 0.3) is 0 Å². The van der Waals surface area contributed by atoms with E-state index >= 15 is 0 Å². The van der Waals surface area contributed by atoms with Crippen molar-refractivity contribution >= 4 is 17.3 Å². The molecule has 0 aliphatic rings. The average molecular weight is 277 g/mol. The third-order valence-corrected chi connectivity index (χ3v) is 3.46. The SMILES string of the molecule is CCCOc1cc(C)nc(NCCc2cccs2)n1. The van der Waals surface area contributed by atoms with Crippen LogP contribution in [-0.4, -0.2) is 23.1 Å². The highest BCUT2D eigenvalue weighted by molar-refractivity contribution is 7.09. The van der Waals surface area contributed by atoms with Gasteiger partial charge in [0.05, 0.1) is 6.61 Å². The van der Waals surface area contributed by atoms with Gasteiger partial charge in [-0.25, -0.2) is 4.98 Å². The van der Waals surface area contributed by atoms with Crippen molar-refractivity contribution in [3.8, 4) is 5.88 Å². The first kappa shape index (κ1) is 13.8. The number of ether oxygens (including phenoxy) is 1. The summed E-state index contributed by atoms with van der Waals surface area (Å²) in [6, 6.07) is 6.07. The fraction of sp³-hybridized carbons (Fsp3) is 0.429. The van der Waals surface area contributed by atoms with Gasteiger partial charge in [-0.05, 0) is 31.2 Å². The molecule has 0 aliphatic heterocycles. The van der Waals surface area contributed by atoms with Crippen molar-refractivity contribution in [2.45, 2.75) is 26.7 Å². The highest BCUT2D eigenvalue weighted by Crippen LogP contribution is 2.13. The van der Waals surface area contributed by atoms with E-state index in [1.54, 1.807) is 11.3 Å². The molecule has 4 nitrogen and oxygen atoms in total. The first-order valence-electron chi connectivity index (χ1n) is 6.52. The first-order valence-corrected chi connectivity index (χ1v) is 7.40. The maximum atomic E-state index is 5.54. The summed E-state index contributed by atoms with van der Waals surface area (Å²) in [5.41, 5.74) is 0.916. The van der Waals surface area contributed by atoms with Crippen LogP contribution in [0, 0.1) is 6.92 Å². The fourth-order valence-corrected chi connectivity index (χ4v) is 2.36. The summed E-state index contributed by atoms with van der Waals surface area (Å²) in [6.07, 6.45) is 1.96. The van der Waals surface area contributed by atoms with Crippen LogP contribution in [0.5, 0.6) is 5.88 Å². The van der Waals surface area contributed by atoms with Crippen molar-refractivity contribution < 1.29 is 4.74 Å². The molecule has 0 saturated heterocycles. The minimum atomic E-state index is 0.641. The van der Waals surface area contributed by atoms with Gasteiger partial charge in [-0.3, -0.25) is 0 Å². The summed E-state index contributed by atoms with van der Waals surface area (Å²) >= 11 is 1.77. The lowest BCUT2D eigenvalue weighted by Crippen LogP contribution is -2.09. The number of aromatic nitrogens is 2. The lowest BCUT2D eigenvalue weighted by atomic mass is 10.3. The molecule has 19 heavy (non-hydrogen) atoms. The van der Waals surface area contributed by atoms with E-state index in [0.29, 0.717) is 18.4 Å². The molecule has 5 heteroatoms. The molecule has 2 heterocycles. The molecule has 0 fully saturated rings. The fourth-order valence-electron chi connectivity index (χ4n) is 1.65. The summed E-state index contributed by atoms with van der Waals surface area (Å²) in [7, 11) is 0. The second-order valence-corrected chi connectivity index (χ2v) is 5.31. The Morgan fingerprint density at radius 1 is 1.37 bits per heavy atom. The topological polar surface area (TPSA) is 47.0 Å². The van der Waals surface area contributed by atoms with Gasteiger partial charge in [0.15, 0.2) is 0 Å². The Hall–Kier alpha value is -1.62. The Bertz CT molecular complexity index is 499. The van der Waals surface area contributed by atoms with Crippen LogP contribution in [0.3, 0.4) is 0 Å². The van der Waals surface area contributed by atoms with E-state index in [1.165, 1.54) is 4.88 Å². The molecule has 0 amide bonds. The Balaban J connectivity index is 1.90. The molecule has 1 N–H and O–H groups in total.